The minimum Gasteiger partial charge on any atom is -0.339 e. The molecule has 0 aliphatic carbocycles. The number of carbonyl (C=O) groups excluding carboxylic acids is 1. The summed E-state index contributed by atoms with van der Waals surface area (Å²) in [6.45, 7) is 1.91. The molecule has 1 amide bonds. The fourth-order valence-corrected chi connectivity index (χ4v) is 4.62. The summed E-state index contributed by atoms with van der Waals surface area (Å²) in [6, 6.07) is 6.40. The van der Waals surface area contributed by atoms with E-state index in [1.54, 1.807) is 12.1 Å². The van der Waals surface area contributed by atoms with Gasteiger partial charge in [-0.05, 0) is 42.7 Å². The summed E-state index contributed by atoms with van der Waals surface area (Å²) in [5.41, 5.74) is 8.48. The van der Waals surface area contributed by atoms with E-state index >= 15 is 0 Å². The van der Waals surface area contributed by atoms with Crippen LogP contribution in [0.4, 0.5) is 13.2 Å². The average Bonchev–Trinajstić information content (AvgIpc) is 3.37. The summed E-state index contributed by atoms with van der Waals surface area (Å²) in [6.07, 6.45) is 2.34. The molecule has 3 heterocycles. The Hall–Kier alpha value is -2.87. The quantitative estimate of drug-likeness (QED) is 0.654. The number of likely N-dealkylation sites (tertiary alicyclic amines) is 1. The Morgan fingerprint density at radius 1 is 1.03 bits per heavy atom. The van der Waals surface area contributed by atoms with Crippen molar-refractivity contribution in [2.24, 2.45) is 5.73 Å². The zero-order valence-corrected chi connectivity index (χ0v) is 16.2. The van der Waals surface area contributed by atoms with Crippen LogP contribution in [0.5, 0.6) is 0 Å². The minimum absolute atomic E-state index is 0.00110. The smallest absolute Gasteiger partial charge is 0.253 e. The molecule has 0 bridgehead atoms. The van der Waals surface area contributed by atoms with Crippen molar-refractivity contribution in [1.29, 1.82) is 0 Å². The number of benzene rings is 2. The topological polar surface area (TPSA) is 64.2 Å². The van der Waals surface area contributed by atoms with Crippen molar-refractivity contribution in [1.82, 2.24) is 14.5 Å². The van der Waals surface area contributed by atoms with E-state index in [1.165, 1.54) is 0 Å². The van der Waals surface area contributed by atoms with Gasteiger partial charge in [0.2, 0.25) is 0 Å². The lowest BCUT2D eigenvalue weighted by Crippen LogP contribution is -2.39. The second kappa shape index (κ2) is 7.12. The fraction of sp³-hybridized carbons (Fsp3) is 0.364. The van der Waals surface area contributed by atoms with Gasteiger partial charge in [-0.15, -0.1) is 0 Å². The maximum absolute atomic E-state index is 14.3. The van der Waals surface area contributed by atoms with E-state index in [2.05, 4.69) is 4.98 Å². The Morgan fingerprint density at radius 3 is 2.53 bits per heavy atom. The van der Waals surface area contributed by atoms with Gasteiger partial charge < -0.3 is 15.2 Å². The first kappa shape index (κ1) is 19.1. The Labute approximate surface area is 171 Å². The Bertz CT molecular complexity index is 1150. The van der Waals surface area contributed by atoms with Crippen molar-refractivity contribution in [2.45, 2.75) is 37.8 Å². The molecule has 0 saturated carbocycles. The van der Waals surface area contributed by atoms with Crippen LogP contribution in [0.25, 0.3) is 11.0 Å². The van der Waals surface area contributed by atoms with Crippen molar-refractivity contribution in [3.63, 3.8) is 0 Å². The number of amides is 1. The van der Waals surface area contributed by atoms with E-state index in [0.29, 0.717) is 35.9 Å². The van der Waals surface area contributed by atoms with Crippen LogP contribution in [0.3, 0.4) is 0 Å². The highest BCUT2D eigenvalue weighted by Gasteiger charge is 2.32. The van der Waals surface area contributed by atoms with E-state index in [-0.39, 0.29) is 11.5 Å². The van der Waals surface area contributed by atoms with Crippen LogP contribution in [-0.4, -0.2) is 39.5 Å². The summed E-state index contributed by atoms with van der Waals surface area (Å²) in [5.74, 6) is -2.95. The van der Waals surface area contributed by atoms with E-state index in [4.69, 9.17) is 5.73 Å². The van der Waals surface area contributed by atoms with Crippen LogP contribution < -0.4 is 5.73 Å². The second-order valence-electron chi connectivity index (χ2n) is 8.10. The predicted octanol–water partition coefficient (Wildman–Crippen LogP) is 3.36. The fourth-order valence-electron chi connectivity index (χ4n) is 4.62. The molecule has 1 aromatic heterocycles. The van der Waals surface area contributed by atoms with Gasteiger partial charge in [0.05, 0.1) is 11.0 Å². The summed E-state index contributed by atoms with van der Waals surface area (Å²) in [4.78, 5) is 19.2. The second-order valence-corrected chi connectivity index (χ2v) is 8.10. The molecule has 1 saturated heterocycles. The van der Waals surface area contributed by atoms with Crippen LogP contribution in [0.2, 0.25) is 0 Å². The molecule has 2 aliphatic heterocycles. The first-order valence-electron chi connectivity index (χ1n) is 10.1. The monoisotopic (exact) mass is 414 g/mol. The van der Waals surface area contributed by atoms with Crippen molar-refractivity contribution in [3.05, 3.63) is 64.7 Å². The lowest BCUT2D eigenvalue weighted by atomic mass is 9.86. The van der Waals surface area contributed by atoms with Gasteiger partial charge in [-0.2, -0.15) is 0 Å². The summed E-state index contributed by atoms with van der Waals surface area (Å²) >= 11 is 0. The highest BCUT2D eigenvalue weighted by atomic mass is 19.2. The van der Waals surface area contributed by atoms with Gasteiger partial charge >= 0.3 is 0 Å². The molecule has 156 valence electrons. The number of carbonyl (C=O) groups is 1. The number of fused-ring (bicyclic) bond motifs is 3. The number of nitrogens with two attached hydrogens (primary N) is 1. The van der Waals surface area contributed by atoms with E-state index in [1.807, 2.05) is 15.5 Å². The number of halogens is 3. The Kier molecular flexibility index (Phi) is 4.54. The lowest BCUT2D eigenvalue weighted by molar-refractivity contribution is 0.0793. The lowest BCUT2D eigenvalue weighted by Gasteiger charge is -2.30. The summed E-state index contributed by atoms with van der Waals surface area (Å²) in [5, 5.41) is 0. The molecule has 2 atom stereocenters. The normalized spacial score (nSPS) is 21.3. The van der Waals surface area contributed by atoms with Gasteiger partial charge in [0.15, 0.2) is 11.6 Å². The molecular formula is C22H21F3N4O. The first-order chi connectivity index (χ1) is 14.4. The standard InChI is InChI=1S/C22H21F3N4O/c23-15-10-17(25)16(24)8-13(15)14-9-21-27-19-7-12(22(30)28-5-1-2-6-28)3-4-20(19)29(21)11-18(14)26/h3-4,7-8,10,14,18H,1-2,5-6,9,11,26H2/t14?,18-/m0/s1. The van der Waals surface area contributed by atoms with Crippen LogP contribution in [0.15, 0.2) is 30.3 Å². The number of rotatable bonds is 2. The number of aromatic nitrogens is 2. The largest absolute Gasteiger partial charge is 0.339 e. The molecule has 3 aromatic rings. The van der Waals surface area contributed by atoms with Crippen LogP contribution in [0, 0.1) is 17.5 Å². The number of hydrogen-bond acceptors (Lipinski definition) is 3. The molecule has 0 radical (unpaired) electrons. The molecule has 0 spiro atoms. The molecule has 2 N–H and O–H groups in total. The molecule has 1 fully saturated rings. The summed E-state index contributed by atoms with van der Waals surface area (Å²) < 4.78 is 43.3. The van der Waals surface area contributed by atoms with Gasteiger partial charge in [-0.1, -0.05) is 0 Å². The summed E-state index contributed by atoms with van der Waals surface area (Å²) in [7, 11) is 0. The van der Waals surface area contributed by atoms with E-state index in [0.717, 1.165) is 37.5 Å². The number of hydrogen-bond donors (Lipinski definition) is 1. The molecule has 1 unspecified atom stereocenters. The van der Waals surface area contributed by atoms with E-state index in [9.17, 15) is 18.0 Å². The van der Waals surface area contributed by atoms with Gasteiger partial charge in [-0.3, -0.25) is 4.79 Å². The van der Waals surface area contributed by atoms with Gasteiger partial charge in [0.1, 0.15) is 11.6 Å². The average molecular weight is 414 g/mol. The van der Waals surface area contributed by atoms with Gasteiger partial charge in [-0.25, -0.2) is 18.2 Å². The van der Waals surface area contributed by atoms with E-state index < -0.39 is 29.4 Å². The van der Waals surface area contributed by atoms with Crippen molar-refractivity contribution >= 4 is 16.9 Å². The molecule has 5 nitrogen and oxygen atoms in total. The predicted molar refractivity (Wildman–Crippen MR) is 106 cm³/mol. The van der Waals surface area contributed by atoms with Crippen LogP contribution in [0.1, 0.15) is 40.5 Å². The number of imidazole rings is 1. The zero-order chi connectivity index (χ0) is 21.0. The van der Waals surface area contributed by atoms with Gasteiger partial charge in [0.25, 0.3) is 5.91 Å². The molecule has 5 rings (SSSR count). The maximum atomic E-state index is 14.3. The molecular weight excluding hydrogens is 393 g/mol. The van der Waals surface area contributed by atoms with Crippen molar-refractivity contribution in [3.8, 4) is 0 Å². The van der Waals surface area contributed by atoms with Crippen LogP contribution >= 0.6 is 0 Å². The zero-order valence-electron chi connectivity index (χ0n) is 16.2. The minimum atomic E-state index is -1.22. The van der Waals surface area contributed by atoms with Crippen LogP contribution in [-0.2, 0) is 13.0 Å². The highest BCUT2D eigenvalue weighted by molar-refractivity contribution is 5.97. The third-order valence-electron chi connectivity index (χ3n) is 6.22. The SMILES string of the molecule is N[C@H]1Cn2c(nc3cc(C(=O)N4CCCC4)ccc32)CC1c1cc(F)c(F)cc1F. The maximum Gasteiger partial charge on any atom is 0.253 e. The van der Waals surface area contributed by atoms with Crippen molar-refractivity contribution in [2.75, 3.05) is 13.1 Å². The third kappa shape index (κ3) is 3.06. The molecule has 2 aliphatic rings. The number of nitrogens with zero attached hydrogens (tertiary/aromatic N) is 3. The third-order valence-corrected chi connectivity index (χ3v) is 6.22. The molecule has 2 aromatic carbocycles. The van der Waals surface area contributed by atoms with Gasteiger partial charge in [0, 0.05) is 49.6 Å². The Morgan fingerprint density at radius 2 is 1.77 bits per heavy atom. The Balaban J connectivity index is 1.49. The van der Waals surface area contributed by atoms with Crippen molar-refractivity contribution < 1.29 is 18.0 Å². The highest BCUT2D eigenvalue weighted by Crippen LogP contribution is 2.33. The molecule has 8 heteroatoms. The first-order valence-corrected chi connectivity index (χ1v) is 10.1. The molecule has 30 heavy (non-hydrogen) atoms.